The molecule has 5 nitrogen and oxygen atoms in total. The van der Waals surface area contributed by atoms with Crippen LogP contribution in [0.15, 0.2) is 84.6 Å². The number of carbonyl (C=O) groups is 2. The average molecular weight is 416 g/mol. The van der Waals surface area contributed by atoms with Gasteiger partial charge in [-0.25, -0.2) is 9.29 Å². The zero-order valence-electron chi connectivity index (χ0n) is 17.2. The third-order valence-electron chi connectivity index (χ3n) is 5.15. The Hall–Kier alpha value is -3.93. The van der Waals surface area contributed by atoms with Crippen molar-refractivity contribution < 1.29 is 18.7 Å². The van der Waals surface area contributed by atoms with Crippen LogP contribution in [0.1, 0.15) is 11.1 Å². The number of halogens is 1. The Balaban J connectivity index is 1.85. The molecule has 3 aromatic rings. The highest BCUT2D eigenvalue weighted by atomic mass is 19.1. The minimum Gasteiger partial charge on any atom is -0.496 e. The van der Waals surface area contributed by atoms with Gasteiger partial charge in [0.1, 0.15) is 17.3 Å². The summed E-state index contributed by atoms with van der Waals surface area (Å²) < 4.78 is 19.3. The lowest BCUT2D eigenvalue weighted by molar-refractivity contribution is -0.120. The lowest BCUT2D eigenvalue weighted by Gasteiger charge is -2.22. The highest BCUT2D eigenvalue weighted by Gasteiger charge is 2.42. The predicted octanol–water partition coefficient (Wildman–Crippen LogP) is 4.25. The molecule has 0 atom stereocenters. The van der Waals surface area contributed by atoms with E-state index in [1.807, 2.05) is 30.3 Å². The fourth-order valence-electron chi connectivity index (χ4n) is 3.75. The van der Waals surface area contributed by atoms with Gasteiger partial charge in [-0.3, -0.25) is 9.59 Å². The summed E-state index contributed by atoms with van der Waals surface area (Å²) in [5, 5.41) is 0. The van der Waals surface area contributed by atoms with Gasteiger partial charge in [0.05, 0.1) is 18.4 Å². The molecule has 0 saturated heterocycles. The summed E-state index contributed by atoms with van der Waals surface area (Å²) in [7, 11) is 3.27. The van der Waals surface area contributed by atoms with Crippen molar-refractivity contribution in [3.63, 3.8) is 0 Å². The van der Waals surface area contributed by atoms with Crippen LogP contribution >= 0.6 is 0 Å². The number of imide groups is 1. The molecular weight excluding hydrogens is 395 g/mol. The van der Waals surface area contributed by atoms with Crippen molar-refractivity contribution in [1.29, 1.82) is 0 Å². The molecule has 0 aliphatic carbocycles. The fraction of sp³-hybridized carbons (Fsp3) is 0.120. The molecule has 0 saturated carbocycles. The summed E-state index contributed by atoms with van der Waals surface area (Å²) in [6.45, 7) is 0.421. The van der Waals surface area contributed by atoms with Gasteiger partial charge in [-0.05, 0) is 29.8 Å². The number of methoxy groups -OCH3 is 1. The first-order valence-electron chi connectivity index (χ1n) is 9.78. The first-order valence-corrected chi connectivity index (χ1v) is 9.78. The summed E-state index contributed by atoms with van der Waals surface area (Å²) in [5.41, 5.74) is 2.15. The van der Waals surface area contributed by atoms with E-state index in [1.54, 1.807) is 42.3 Å². The molecule has 4 rings (SSSR count). The maximum absolute atomic E-state index is 13.9. The van der Waals surface area contributed by atoms with Crippen LogP contribution in [0, 0.1) is 5.82 Å². The van der Waals surface area contributed by atoms with Crippen LogP contribution in [-0.2, 0) is 16.1 Å². The minimum atomic E-state index is -0.525. The van der Waals surface area contributed by atoms with Gasteiger partial charge >= 0.3 is 0 Å². The molecular formula is C25H21FN2O3. The lowest BCUT2D eigenvalue weighted by atomic mass is 10.0. The lowest BCUT2D eigenvalue weighted by Crippen LogP contribution is -2.34. The molecule has 0 N–H and O–H groups in total. The number of benzene rings is 3. The molecule has 31 heavy (non-hydrogen) atoms. The van der Waals surface area contributed by atoms with E-state index < -0.39 is 17.6 Å². The molecule has 1 aliphatic rings. The maximum Gasteiger partial charge on any atom is 0.282 e. The van der Waals surface area contributed by atoms with E-state index in [2.05, 4.69) is 0 Å². The van der Waals surface area contributed by atoms with E-state index in [-0.39, 0.29) is 17.0 Å². The third-order valence-corrected chi connectivity index (χ3v) is 5.15. The van der Waals surface area contributed by atoms with Crippen molar-refractivity contribution in [2.24, 2.45) is 0 Å². The van der Waals surface area contributed by atoms with Crippen molar-refractivity contribution in [1.82, 2.24) is 4.90 Å². The normalized spacial score (nSPS) is 13.7. The Bertz CT molecular complexity index is 1170. The van der Waals surface area contributed by atoms with Crippen LogP contribution in [0.25, 0.3) is 5.57 Å². The monoisotopic (exact) mass is 416 g/mol. The summed E-state index contributed by atoms with van der Waals surface area (Å²) >= 11 is 0. The van der Waals surface area contributed by atoms with Crippen molar-refractivity contribution in [3.8, 4) is 5.75 Å². The molecule has 2 amide bonds. The second kappa shape index (κ2) is 8.44. The molecule has 1 heterocycles. The van der Waals surface area contributed by atoms with Gasteiger partial charge in [0.15, 0.2) is 0 Å². The summed E-state index contributed by atoms with van der Waals surface area (Å²) in [6, 6.07) is 22.2. The number of hydrogen-bond donors (Lipinski definition) is 0. The molecule has 0 bridgehead atoms. The summed E-state index contributed by atoms with van der Waals surface area (Å²) in [6.07, 6.45) is 0. The molecule has 0 spiro atoms. The zero-order valence-corrected chi connectivity index (χ0v) is 17.2. The zero-order chi connectivity index (χ0) is 22.0. The number of anilines is 1. The topological polar surface area (TPSA) is 49.9 Å². The number of amides is 2. The molecule has 0 unspecified atom stereocenters. The highest BCUT2D eigenvalue weighted by Crippen LogP contribution is 2.38. The number of hydrogen-bond acceptors (Lipinski definition) is 4. The molecule has 0 radical (unpaired) electrons. The fourth-order valence-corrected chi connectivity index (χ4v) is 3.75. The van der Waals surface area contributed by atoms with E-state index in [1.165, 1.54) is 25.3 Å². The number of carbonyl (C=O) groups excluding carboxylic acids is 2. The van der Waals surface area contributed by atoms with Crippen LogP contribution in [0.3, 0.4) is 0 Å². The van der Waals surface area contributed by atoms with Crippen molar-refractivity contribution >= 4 is 23.1 Å². The number of para-hydroxylation sites is 1. The van der Waals surface area contributed by atoms with Gasteiger partial charge in [-0.15, -0.1) is 0 Å². The Labute approximate surface area is 180 Å². The quantitative estimate of drug-likeness (QED) is 0.564. The van der Waals surface area contributed by atoms with Crippen LogP contribution in [0.2, 0.25) is 0 Å². The van der Waals surface area contributed by atoms with Crippen LogP contribution < -0.4 is 9.64 Å². The van der Waals surface area contributed by atoms with Gasteiger partial charge in [-0.1, -0.05) is 54.6 Å². The van der Waals surface area contributed by atoms with Crippen LogP contribution in [0.4, 0.5) is 10.1 Å². The molecule has 0 aromatic heterocycles. The van der Waals surface area contributed by atoms with Crippen molar-refractivity contribution in [2.45, 2.75) is 6.54 Å². The summed E-state index contributed by atoms with van der Waals surface area (Å²) in [5.74, 6) is -1.07. The van der Waals surface area contributed by atoms with Crippen molar-refractivity contribution in [2.75, 3.05) is 19.1 Å². The first kappa shape index (κ1) is 20.3. The molecule has 3 aromatic carbocycles. The van der Waals surface area contributed by atoms with Gasteiger partial charge in [0.2, 0.25) is 0 Å². The second-order valence-electron chi connectivity index (χ2n) is 7.19. The van der Waals surface area contributed by atoms with Crippen LogP contribution in [-0.4, -0.2) is 30.9 Å². The Morgan fingerprint density at radius 1 is 0.903 bits per heavy atom. The van der Waals surface area contributed by atoms with Crippen molar-refractivity contribution in [3.05, 3.63) is 102 Å². The number of rotatable bonds is 6. The molecule has 6 heteroatoms. The van der Waals surface area contributed by atoms with E-state index in [9.17, 15) is 14.0 Å². The largest absolute Gasteiger partial charge is 0.496 e. The highest BCUT2D eigenvalue weighted by molar-refractivity contribution is 6.45. The standard InChI is InChI=1S/C25H21FN2O3/c1-27(16-17-9-4-3-5-10-17)23-22(20-13-6-7-14-21(20)31-2)24(29)28(25(23)30)19-12-8-11-18(26)15-19/h3-15H,16H2,1-2H3. The van der Waals surface area contributed by atoms with E-state index in [0.29, 0.717) is 17.9 Å². The third kappa shape index (κ3) is 3.80. The minimum absolute atomic E-state index is 0.186. The molecule has 156 valence electrons. The Morgan fingerprint density at radius 3 is 2.32 bits per heavy atom. The molecule has 0 fully saturated rings. The van der Waals surface area contributed by atoms with E-state index in [0.717, 1.165) is 10.5 Å². The number of likely N-dealkylation sites (N-methyl/N-ethyl adjacent to an activating group) is 1. The molecule has 1 aliphatic heterocycles. The SMILES string of the molecule is COc1ccccc1C1=C(N(C)Cc2ccccc2)C(=O)N(c2cccc(F)c2)C1=O. The van der Waals surface area contributed by atoms with Crippen LogP contribution in [0.5, 0.6) is 5.75 Å². The average Bonchev–Trinajstić information content (AvgIpc) is 3.04. The van der Waals surface area contributed by atoms with Gasteiger partial charge in [0, 0.05) is 19.2 Å². The Kier molecular flexibility index (Phi) is 5.54. The van der Waals surface area contributed by atoms with Gasteiger partial charge in [0.25, 0.3) is 11.8 Å². The van der Waals surface area contributed by atoms with E-state index in [4.69, 9.17) is 4.74 Å². The number of ether oxygens (including phenoxy) is 1. The second-order valence-corrected chi connectivity index (χ2v) is 7.19. The Morgan fingerprint density at radius 2 is 1.61 bits per heavy atom. The summed E-state index contributed by atoms with van der Waals surface area (Å²) in [4.78, 5) is 29.8. The van der Waals surface area contributed by atoms with Gasteiger partial charge < -0.3 is 9.64 Å². The predicted molar refractivity (Wildman–Crippen MR) is 117 cm³/mol. The number of nitrogens with zero attached hydrogens (tertiary/aromatic N) is 2. The van der Waals surface area contributed by atoms with E-state index >= 15 is 0 Å². The smallest absolute Gasteiger partial charge is 0.282 e. The maximum atomic E-state index is 13.9. The van der Waals surface area contributed by atoms with Gasteiger partial charge in [-0.2, -0.15) is 0 Å². The first-order chi connectivity index (χ1) is 15.0.